The van der Waals surface area contributed by atoms with Crippen molar-refractivity contribution in [3.8, 4) is 0 Å². The summed E-state index contributed by atoms with van der Waals surface area (Å²) in [5.74, 6) is -0.885. The summed E-state index contributed by atoms with van der Waals surface area (Å²) in [6.45, 7) is 17.4. The van der Waals surface area contributed by atoms with E-state index < -0.39 is 64.6 Å². The Hall–Kier alpha value is -1.74. The zero-order valence-corrected chi connectivity index (χ0v) is 29.0. The fraction of sp³-hybridized carbons (Fsp3) is 0.838. The summed E-state index contributed by atoms with van der Waals surface area (Å²) in [5, 5.41) is 45.3. The third-order valence-corrected chi connectivity index (χ3v) is 14.7. The van der Waals surface area contributed by atoms with Crippen molar-refractivity contribution in [3.05, 3.63) is 23.3 Å². The first-order valence-electron chi connectivity index (χ1n) is 17.1. The molecular weight excluding hydrogens is 572 g/mol. The van der Waals surface area contributed by atoms with E-state index in [1.807, 2.05) is 13.8 Å². The number of hydrogen-bond donors (Lipinski definition) is 4. The van der Waals surface area contributed by atoms with Gasteiger partial charge in [0.25, 0.3) is 0 Å². The van der Waals surface area contributed by atoms with Gasteiger partial charge in [0.05, 0.1) is 30.8 Å². The molecule has 0 aliphatic heterocycles. The minimum atomic E-state index is -1.24. The third-order valence-electron chi connectivity index (χ3n) is 14.7. The summed E-state index contributed by atoms with van der Waals surface area (Å²) in [6, 6.07) is 0. The Bertz CT molecular complexity index is 1270. The van der Waals surface area contributed by atoms with Crippen LogP contribution in [0.2, 0.25) is 0 Å². The zero-order chi connectivity index (χ0) is 33.5. The number of fused-ring (bicyclic) bond motifs is 7. The molecule has 5 aliphatic carbocycles. The quantitative estimate of drug-likeness (QED) is 0.187. The molecule has 4 N–H and O–H groups in total. The highest BCUT2D eigenvalue weighted by molar-refractivity contribution is 5.87. The van der Waals surface area contributed by atoms with Gasteiger partial charge >= 0.3 is 11.9 Å². The molecule has 4 saturated carbocycles. The molecule has 0 saturated heterocycles. The lowest BCUT2D eigenvalue weighted by Gasteiger charge is -2.72. The highest BCUT2D eigenvalue weighted by atomic mass is 16.6. The van der Waals surface area contributed by atoms with Crippen LogP contribution in [-0.4, -0.2) is 70.0 Å². The van der Waals surface area contributed by atoms with Crippen LogP contribution < -0.4 is 0 Å². The number of allylic oxidation sites excluding steroid dienone is 3. The Morgan fingerprint density at radius 3 is 2.13 bits per heavy atom. The highest BCUT2D eigenvalue weighted by Gasteiger charge is 2.73. The van der Waals surface area contributed by atoms with Crippen LogP contribution in [0.1, 0.15) is 107 Å². The van der Waals surface area contributed by atoms with E-state index in [0.29, 0.717) is 24.8 Å². The van der Waals surface area contributed by atoms with Crippen molar-refractivity contribution < 1.29 is 39.5 Å². The molecule has 0 spiro atoms. The summed E-state index contributed by atoms with van der Waals surface area (Å²) >= 11 is 0. The number of hydrogen-bond acceptors (Lipinski definition) is 8. The first-order chi connectivity index (χ1) is 20.8. The van der Waals surface area contributed by atoms with Gasteiger partial charge in [-0.2, -0.15) is 0 Å². The van der Waals surface area contributed by atoms with Crippen molar-refractivity contribution in [1.82, 2.24) is 0 Å². The van der Waals surface area contributed by atoms with E-state index in [9.17, 15) is 30.0 Å². The van der Waals surface area contributed by atoms with Crippen molar-refractivity contribution in [3.63, 3.8) is 0 Å². The lowest BCUT2D eigenvalue weighted by atomic mass is 9.33. The van der Waals surface area contributed by atoms with Crippen molar-refractivity contribution in [1.29, 1.82) is 0 Å². The van der Waals surface area contributed by atoms with Gasteiger partial charge in [0.15, 0.2) is 0 Å². The van der Waals surface area contributed by atoms with Crippen LogP contribution in [0.3, 0.4) is 0 Å². The minimum Gasteiger partial charge on any atom is -0.458 e. The van der Waals surface area contributed by atoms with Crippen LogP contribution in [0.4, 0.5) is 0 Å². The second-order valence-electron chi connectivity index (χ2n) is 17.1. The summed E-state index contributed by atoms with van der Waals surface area (Å²) in [4.78, 5) is 25.8. The molecule has 254 valence electrons. The van der Waals surface area contributed by atoms with Crippen molar-refractivity contribution >= 4 is 11.9 Å². The number of rotatable bonds is 5. The average molecular weight is 631 g/mol. The average Bonchev–Trinajstić information content (AvgIpc) is 2.96. The Morgan fingerprint density at radius 1 is 0.889 bits per heavy atom. The number of aliphatic hydroxyl groups excluding tert-OH is 4. The van der Waals surface area contributed by atoms with Crippen LogP contribution >= 0.6 is 0 Å². The highest BCUT2D eigenvalue weighted by Crippen LogP contribution is 2.76. The molecule has 0 bridgehead atoms. The molecule has 0 radical (unpaired) electrons. The van der Waals surface area contributed by atoms with E-state index >= 15 is 0 Å². The molecule has 8 nitrogen and oxygen atoms in total. The molecule has 5 aliphatic rings. The van der Waals surface area contributed by atoms with Gasteiger partial charge in [-0.25, -0.2) is 4.79 Å². The summed E-state index contributed by atoms with van der Waals surface area (Å²) < 4.78 is 12.1. The van der Waals surface area contributed by atoms with Crippen LogP contribution in [0.5, 0.6) is 0 Å². The molecule has 12 atom stereocenters. The molecule has 45 heavy (non-hydrogen) atoms. The van der Waals surface area contributed by atoms with E-state index in [1.165, 1.54) is 12.5 Å². The molecule has 0 heterocycles. The minimum absolute atomic E-state index is 0.0397. The SMILES string of the molecule is C/C=C(/C)C(=O)O[C@H]1[C@H](OC(C)=O)[C@]2(CO)[C@H](O)C[C@]3(C)C(=CC[C@@H]4[C@@]5(C)CC[C@H](O)[C@](C)(CO)[C@@H]5CC[C@]43C)[C@@H]2CC1(C)C. The van der Waals surface area contributed by atoms with Gasteiger partial charge in [-0.1, -0.05) is 59.3 Å². The second kappa shape index (κ2) is 11.2. The van der Waals surface area contributed by atoms with Crippen LogP contribution in [0, 0.1) is 50.2 Å². The third kappa shape index (κ3) is 4.58. The normalized spacial score (nSPS) is 49.0. The smallest absolute Gasteiger partial charge is 0.333 e. The van der Waals surface area contributed by atoms with Gasteiger partial charge in [-0.15, -0.1) is 0 Å². The Kier molecular flexibility index (Phi) is 8.58. The Labute approximate surface area is 269 Å². The first-order valence-corrected chi connectivity index (χ1v) is 17.1. The first kappa shape index (κ1) is 34.6. The van der Waals surface area contributed by atoms with Gasteiger partial charge < -0.3 is 29.9 Å². The van der Waals surface area contributed by atoms with E-state index in [0.717, 1.165) is 25.7 Å². The van der Waals surface area contributed by atoms with Crippen molar-refractivity contribution in [2.24, 2.45) is 50.2 Å². The maximum Gasteiger partial charge on any atom is 0.333 e. The molecule has 4 fully saturated rings. The molecule has 8 heteroatoms. The largest absolute Gasteiger partial charge is 0.458 e. The molecular formula is C37H58O8. The van der Waals surface area contributed by atoms with E-state index in [2.05, 4.69) is 33.8 Å². The Balaban J connectivity index is 1.63. The van der Waals surface area contributed by atoms with Crippen LogP contribution in [0.25, 0.3) is 0 Å². The maximum atomic E-state index is 13.1. The van der Waals surface area contributed by atoms with Gasteiger partial charge in [-0.05, 0) is 92.8 Å². The molecule has 0 amide bonds. The predicted octanol–water partition coefficient (Wildman–Crippen LogP) is 5.11. The van der Waals surface area contributed by atoms with E-state index in [4.69, 9.17) is 9.47 Å². The number of carbonyl (C=O) groups excluding carboxylic acids is 2. The van der Waals surface area contributed by atoms with Gasteiger partial charge in [0.2, 0.25) is 0 Å². The lowest BCUT2D eigenvalue weighted by molar-refractivity contribution is -0.267. The molecule has 0 unspecified atom stereocenters. The standard InChI is InChI=1S/C37H58O8/c1-10-21(2)31(43)45-29-30(44-22(3)40)37(20-39)24(17-32(29,4)5)23-11-12-26-33(6)15-14-27(41)34(7,19-38)25(33)13-16-35(26,8)36(23,9)18-28(37)42/h10-11,24-30,38-39,41-42H,12-20H2,1-9H3/b21-10-/t24-,25+,26+,27-,28+,29-,30-,33-,34+,35+,36+,37-/m0/s1. The number of esters is 2. The van der Waals surface area contributed by atoms with E-state index in [1.54, 1.807) is 19.9 Å². The summed E-state index contributed by atoms with van der Waals surface area (Å²) in [6.07, 6.45) is 5.70. The van der Waals surface area contributed by atoms with Crippen LogP contribution in [0.15, 0.2) is 23.3 Å². The molecule has 5 rings (SSSR count). The predicted molar refractivity (Wildman–Crippen MR) is 171 cm³/mol. The van der Waals surface area contributed by atoms with Gasteiger partial charge in [-0.3, -0.25) is 4.79 Å². The molecule has 0 aromatic rings. The second-order valence-corrected chi connectivity index (χ2v) is 17.1. The van der Waals surface area contributed by atoms with Crippen LogP contribution in [-0.2, 0) is 19.1 Å². The fourth-order valence-electron chi connectivity index (χ4n) is 11.8. The fourth-order valence-corrected chi connectivity index (χ4v) is 11.8. The van der Waals surface area contributed by atoms with Crippen molar-refractivity contribution in [2.45, 2.75) is 132 Å². The van der Waals surface area contributed by atoms with Gasteiger partial charge in [0.1, 0.15) is 12.2 Å². The van der Waals surface area contributed by atoms with Gasteiger partial charge in [0, 0.05) is 23.3 Å². The monoisotopic (exact) mass is 630 g/mol. The van der Waals surface area contributed by atoms with E-state index in [-0.39, 0.29) is 35.2 Å². The number of carbonyl (C=O) groups is 2. The maximum absolute atomic E-state index is 13.1. The summed E-state index contributed by atoms with van der Waals surface area (Å²) in [5.41, 5.74) is -1.46. The number of aliphatic hydroxyl groups is 4. The van der Waals surface area contributed by atoms with Crippen molar-refractivity contribution in [2.75, 3.05) is 13.2 Å². The molecule has 0 aromatic heterocycles. The Morgan fingerprint density at radius 2 is 1.56 bits per heavy atom. The zero-order valence-electron chi connectivity index (χ0n) is 29.0. The lowest BCUT2D eigenvalue weighted by Crippen LogP contribution is -2.72. The number of ether oxygens (including phenoxy) is 2. The molecule has 0 aromatic carbocycles. The summed E-state index contributed by atoms with van der Waals surface area (Å²) in [7, 11) is 0. The topological polar surface area (TPSA) is 134 Å².